The number of hydrogen-bond acceptors (Lipinski definition) is 5. The van der Waals surface area contributed by atoms with Gasteiger partial charge in [0, 0.05) is 17.1 Å². The Balaban J connectivity index is 1.88. The van der Waals surface area contributed by atoms with Gasteiger partial charge in [-0.05, 0) is 49.9 Å². The van der Waals surface area contributed by atoms with Crippen molar-refractivity contribution in [1.82, 2.24) is 4.31 Å². The second-order valence-electron chi connectivity index (χ2n) is 6.42. The fraction of sp³-hybridized carbons (Fsp3) is 0.600. The van der Waals surface area contributed by atoms with E-state index in [1.165, 1.54) is 12.1 Å². The molecule has 0 saturated carbocycles. The Morgan fingerprint density at radius 1 is 1.04 bits per heavy atom. The third kappa shape index (κ3) is 3.77. The van der Waals surface area contributed by atoms with E-state index < -0.39 is 26.2 Å². The molecule has 2 aliphatic rings. The van der Waals surface area contributed by atoms with Gasteiger partial charge in [0.15, 0.2) is 0 Å². The molecule has 0 radical (unpaired) electrons. The molecule has 2 bridgehead atoms. The minimum absolute atomic E-state index is 0.214. The molecule has 134 valence electrons. The lowest BCUT2D eigenvalue weighted by Gasteiger charge is -2.47. The predicted molar refractivity (Wildman–Crippen MR) is 90.9 cm³/mol. The highest BCUT2D eigenvalue weighted by Crippen LogP contribution is 2.39. The summed E-state index contributed by atoms with van der Waals surface area (Å²) in [6.07, 6.45) is 3.74. The van der Waals surface area contributed by atoms with Crippen LogP contribution in [0.3, 0.4) is 0 Å². The average Bonchev–Trinajstić information content (AvgIpc) is 2.44. The first-order valence-corrected chi connectivity index (χ1v) is 11.5. The second-order valence-corrected chi connectivity index (χ2v) is 10.3. The number of fused-ring (bicyclic) bond motifs is 2. The van der Waals surface area contributed by atoms with Crippen LogP contribution >= 0.6 is 11.6 Å². The fourth-order valence-electron chi connectivity index (χ4n) is 3.73. The van der Waals surface area contributed by atoms with Gasteiger partial charge in [-0.2, -0.15) is 12.7 Å². The van der Waals surface area contributed by atoms with Crippen molar-refractivity contribution in [3.05, 3.63) is 29.3 Å². The smallest absolute Gasteiger partial charge is 0.264 e. The fourth-order valence-corrected chi connectivity index (χ4v) is 6.40. The summed E-state index contributed by atoms with van der Waals surface area (Å²) in [5, 5.41) is 0.481. The lowest BCUT2D eigenvalue weighted by Crippen LogP contribution is -2.56. The third-order valence-corrected chi connectivity index (χ3v) is 7.46. The second kappa shape index (κ2) is 6.57. The van der Waals surface area contributed by atoms with Gasteiger partial charge >= 0.3 is 0 Å². The molecular formula is C15H20ClNO5S2. The Bertz CT molecular complexity index is 793. The molecule has 0 aliphatic carbocycles. The molecule has 0 spiro atoms. The molecule has 1 aromatic rings. The Hall–Kier alpha value is -0.670. The van der Waals surface area contributed by atoms with Crippen LogP contribution in [0, 0.1) is 0 Å². The summed E-state index contributed by atoms with van der Waals surface area (Å²) in [7, 11) is -7.18. The topological polar surface area (TPSA) is 80.8 Å². The third-order valence-electron chi connectivity index (χ3n) is 4.56. The normalized spacial score (nSPS) is 28.7. The number of rotatable bonds is 4. The molecule has 0 aromatic heterocycles. The molecule has 2 fully saturated rings. The van der Waals surface area contributed by atoms with E-state index in [9.17, 15) is 16.8 Å². The number of nitrogens with zero attached hydrogens (tertiary/aromatic N) is 1. The van der Waals surface area contributed by atoms with Crippen molar-refractivity contribution in [3.63, 3.8) is 0 Å². The summed E-state index contributed by atoms with van der Waals surface area (Å²) < 4.78 is 55.5. The van der Waals surface area contributed by atoms with Crippen molar-refractivity contribution < 1.29 is 21.0 Å². The molecule has 2 heterocycles. The highest BCUT2D eigenvalue weighted by Gasteiger charge is 2.45. The quantitative estimate of drug-likeness (QED) is 0.733. The van der Waals surface area contributed by atoms with Crippen molar-refractivity contribution in [3.8, 4) is 0 Å². The standard InChI is InChI=1S/C15H20ClNO5S2/c1-23(18,19)22-14-9-12-3-2-4-13(10-14)17(12)24(20,21)15-7-5-11(16)6-8-15/h5-8,12-14H,2-4,9-10H2,1H3. The summed E-state index contributed by atoms with van der Waals surface area (Å²) >= 11 is 5.84. The molecule has 0 amide bonds. The zero-order valence-electron chi connectivity index (χ0n) is 13.3. The molecule has 2 unspecified atom stereocenters. The first kappa shape index (κ1) is 18.1. The van der Waals surface area contributed by atoms with Crippen LogP contribution in [-0.2, 0) is 24.3 Å². The summed E-state index contributed by atoms with van der Waals surface area (Å²) in [6, 6.07) is 5.67. The monoisotopic (exact) mass is 393 g/mol. The van der Waals surface area contributed by atoms with Crippen LogP contribution in [0.5, 0.6) is 0 Å². The van der Waals surface area contributed by atoms with Gasteiger partial charge < -0.3 is 0 Å². The molecule has 6 nitrogen and oxygen atoms in total. The van der Waals surface area contributed by atoms with E-state index in [-0.39, 0.29) is 17.0 Å². The summed E-state index contributed by atoms with van der Waals surface area (Å²) in [5.41, 5.74) is 0. The lowest BCUT2D eigenvalue weighted by molar-refractivity contribution is 0.0392. The van der Waals surface area contributed by atoms with E-state index in [2.05, 4.69) is 0 Å². The molecule has 0 N–H and O–H groups in total. The minimum Gasteiger partial charge on any atom is -0.267 e. The maximum absolute atomic E-state index is 13.0. The molecule has 24 heavy (non-hydrogen) atoms. The number of benzene rings is 1. The van der Waals surface area contributed by atoms with Crippen LogP contribution in [0.4, 0.5) is 0 Å². The molecule has 2 atom stereocenters. The maximum Gasteiger partial charge on any atom is 0.264 e. The van der Waals surface area contributed by atoms with Crippen LogP contribution < -0.4 is 0 Å². The van der Waals surface area contributed by atoms with Gasteiger partial charge in [-0.1, -0.05) is 18.0 Å². The molecule has 3 rings (SSSR count). The van der Waals surface area contributed by atoms with Crippen molar-refractivity contribution >= 4 is 31.7 Å². The van der Waals surface area contributed by atoms with E-state index in [1.807, 2.05) is 0 Å². The van der Waals surface area contributed by atoms with Crippen molar-refractivity contribution in [1.29, 1.82) is 0 Å². The van der Waals surface area contributed by atoms with Crippen LogP contribution in [0.25, 0.3) is 0 Å². The molecule has 9 heteroatoms. The Kier molecular flexibility index (Phi) is 4.96. The average molecular weight is 394 g/mol. The molecule has 1 aromatic carbocycles. The number of sulfonamides is 1. The predicted octanol–water partition coefficient (Wildman–Crippen LogP) is 2.39. The van der Waals surface area contributed by atoms with Crippen LogP contribution in [-0.4, -0.2) is 45.6 Å². The Morgan fingerprint density at radius 2 is 1.58 bits per heavy atom. The van der Waals surface area contributed by atoms with Crippen LogP contribution in [0.2, 0.25) is 5.02 Å². The van der Waals surface area contributed by atoms with Gasteiger partial charge in [-0.25, -0.2) is 8.42 Å². The molecule has 2 saturated heterocycles. The van der Waals surface area contributed by atoms with Crippen molar-refractivity contribution in [2.75, 3.05) is 6.26 Å². The van der Waals surface area contributed by atoms with E-state index >= 15 is 0 Å². The van der Waals surface area contributed by atoms with E-state index in [0.717, 1.165) is 12.7 Å². The van der Waals surface area contributed by atoms with Gasteiger partial charge in [-0.15, -0.1) is 0 Å². The highest BCUT2D eigenvalue weighted by molar-refractivity contribution is 7.89. The van der Waals surface area contributed by atoms with Crippen LogP contribution in [0.1, 0.15) is 32.1 Å². The van der Waals surface area contributed by atoms with E-state index in [1.54, 1.807) is 16.4 Å². The molecular weight excluding hydrogens is 374 g/mol. The lowest BCUT2D eigenvalue weighted by atomic mass is 9.85. The highest BCUT2D eigenvalue weighted by atomic mass is 35.5. The van der Waals surface area contributed by atoms with Gasteiger partial charge in [0.1, 0.15) is 0 Å². The van der Waals surface area contributed by atoms with Gasteiger partial charge in [0.25, 0.3) is 10.1 Å². The van der Waals surface area contributed by atoms with Gasteiger partial charge in [0.2, 0.25) is 10.0 Å². The summed E-state index contributed by atoms with van der Waals surface area (Å²) in [5.74, 6) is 0. The summed E-state index contributed by atoms with van der Waals surface area (Å²) in [6.45, 7) is 0. The van der Waals surface area contributed by atoms with E-state index in [0.29, 0.717) is 30.7 Å². The summed E-state index contributed by atoms with van der Waals surface area (Å²) in [4.78, 5) is 0.214. The Labute approximate surface area is 147 Å². The SMILES string of the molecule is CS(=O)(=O)OC1CC2CCCC(C1)N2S(=O)(=O)c1ccc(Cl)cc1. The number of halogens is 1. The number of piperidine rings is 2. The van der Waals surface area contributed by atoms with Crippen molar-refractivity contribution in [2.24, 2.45) is 0 Å². The minimum atomic E-state index is -3.64. The van der Waals surface area contributed by atoms with Gasteiger partial charge in [-0.3, -0.25) is 4.18 Å². The largest absolute Gasteiger partial charge is 0.267 e. The first-order chi connectivity index (χ1) is 11.2. The Morgan fingerprint density at radius 3 is 2.08 bits per heavy atom. The molecule has 2 aliphatic heterocycles. The zero-order valence-corrected chi connectivity index (χ0v) is 15.6. The first-order valence-electron chi connectivity index (χ1n) is 7.84. The van der Waals surface area contributed by atoms with E-state index in [4.69, 9.17) is 15.8 Å². The zero-order chi connectivity index (χ0) is 17.5. The maximum atomic E-state index is 13.0. The number of hydrogen-bond donors (Lipinski definition) is 0. The van der Waals surface area contributed by atoms with Crippen molar-refractivity contribution in [2.45, 2.75) is 55.2 Å². The van der Waals surface area contributed by atoms with Crippen LogP contribution in [0.15, 0.2) is 29.2 Å². The van der Waals surface area contributed by atoms with Gasteiger partial charge in [0.05, 0.1) is 17.3 Å².